The Labute approximate surface area is 133 Å². The van der Waals surface area contributed by atoms with Gasteiger partial charge in [-0.15, -0.1) is 0 Å². The highest BCUT2D eigenvalue weighted by atomic mass is 16.5. The van der Waals surface area contributed by atoms with E-state index in [9.17, 15) is 4.79 Å². The Kier molecular flexibility index (Phi) is 3.97. The third-order valence-electron chi connectivity index (χ3n) is 3.70. The first kappa shape index (κ1) is 15.0. The highest BCUT2D eigenvalue weighted by molar-refractivity contribution is 5.96. The first-order chi connectivity index (χ1) is 11.1. The summed E-state index contributed by atoms with van der Waals surface area (Å²) in [6.45, 7) is 5.88. The molecule has 0 fully saturated rings. The van der Waals surface area contributed by atoms with Crippen molar-refractivity contribution in [2.45, 2.75) is 20.8 Å². The fourth-order valence-electron chi connectivity index (χ4n) is 2.57. The smallest absolute Gasteiger partial charge is 0.340 e. The lowest BCUT2D eigenvalue weighted by molar-refractivity contribution is 0.0525. The lowest BCUT2D eigenvalue weighted by atomic mass is 10.1. The van der Waals surface area contributed by atoms with E-state index in [4.69, 9.17) is 4.74 Å². The number of aromatic amines is 1. The summed E-state index contributed by atoms with van der Waals surface area (Å²) in [4.78, 5) is 19.5. The molecule has 0 spiro atoms. The second kappa shape index (κ2) is 6.08. The number of imidazole rings is 1. The normalized spacial score (nSPS) is 11.4. The van der Waals surface area contributed by atoms with E-state index in [0.717, 1.165) is 28.0 Å². The van der Waals surface area contributed by atoms with Gasteiger partial charge in [-0.3, -0.25) is 0 Å². The molecule has 0 saturated carbocycles. The van der Waals surface area contributed by atoms with Crippen LogP contribution in [0.4, 0.5) is 0 Å². The standard InChI is InChI=1S/C17H18N4O2/c1-4-23-17(22)16-11(2)14(20-12(16)3)9-19-21-10-18-13-7-5-6-8-15(13)21/h5-10,20H,4H2,1-3H3/b19-9+. The fraction of sp³-hybridized carbons (Fsp3) is 0.235. The van der Waals surface area contributed by atoms with Crippen molar-refractivity contribution < 1.29 is 9.53 Å². The molecule has 3 aromatic rings. The largest absolute Gasteiger partial charge is 0.462 e. The van der Waals surface area contributed by atoms with Gasteiger partial charge in [0, 0.05) is 5.69 Å². The summed E-state index contributed by atoms with van der Waals surface area (Å²) in [7, 11) is 0. The predicted octanol–water partition coefficient (Wildman–Crippen LogP) is 3.04. The number of carbonyl (C=O) groups excluding carboxylic acids is 1. The Bertz CT molecular complexity index is 889. The molecule has 1 aromatic carbocycles. The summed E-state index contributed by atoms with van der Waals surface area (Å²) in [6.07, 6.45) is 3.36. The van der Waals surface area contributed by atoms with Crippen molar-refractivity contribution in [1.29, 1.82) is 0 Å². The van der Waals surface area contributed by atoms with Crippen molar-refractivity contribution in [3.63, 3.8) is 0 Å². The highest BCUT2D eigenvalue weighted by Crippen LogP contribution is 2.18. The number of aromatic nitrogens is 3. The van der Waals surface area contributed by atoms with Gasteiger partial charge >= 0.3 is 5.97 Å². The molecule has 0 bridgehead atoms. The number of nitrogens with one attached hydrogen (secondary N) is 1. The Morgan fingerprint density at radius 3 is 2.96 bits per heavy atom. The second-order valence-electron chi connectivity index (χ2n) is 5.21. The minimum atomic E-state index is -0.313. The first-order valence-electron chi connectivity index (χ1n) is 7.44. The van der Waals surface area contributed by atoms with Gasteiger partial charge in [0.15, 0.2) is 0 Å². The van der Waals surface area contributed by atoms with Crippen LogP contribution in [0.25, 0.3) is 11.0 Å². The zero-order valence-electron chi connectivity index (χ0n) is 13.3. The number of hydrogen-bond donors (Lipinski definition) is 1. The van der Waals surface area contributed by atoms with Gasteiger partial charge in [-0.25, -0.2) is 14.5 Å². The molecule has 0 unspecified atom stereocenters. The molecule has 0 atom stereocenters. The minimum Gasteiger partial charge on any atom is -0.462 e. The molecule has 118 valence electrons. The zero-order chi connectivity index (χ0) is 16.4. The molecule has 3 rings (SSSR count). The molecule has 0 aliphatic rings. The summed E-state index contributed by atoms with van der Waals surface area (Å²) in [5.74, 6) is -0.313. The minimum absolute atomic E-state index is 0.313. The monoisotopic (exact) mass is 310 g/mol. The zero-order valence-corrected chi connectivity index (χ0v) is 13.3. The number of carbonyl (C=O) groups is 1. The lowest BCUT2D eigenvalue weighted by Crippen LogP contribution is -2.06. The summed E-state index contributed by atoms with van der Waals surface area (Å²) >= 11 is 0. The quantitative estimate of drug-likeness (QED) is 0.594. The van der Waals surface area contributed by atoms with Crippen LogP contribution < -0.4 is 0 Å². The average Bonchev–Trinajstić information content (AvgIpc) is 3.06. The molecular weight excluding hydrogens is 292 g/mol. The van der Waals surface area contributed by atoms with Crippen molar-refractivity contribution in [3.05, 3.63) is 53.1 Å². The van der Waals surface area contributed by atoms with E-state index < -0.39 is 0 Å². The van der Waals surface area contributed by atoms with Crippen molar-refractivity contribution in [2.24, 2.45) is 5.10 Å². The molecule has 23 heavy (non-hydrogen) atoms. The van der Waals surface area contributed by atoms with E-state index in [-0.39, 0.29) is 5.97 Å². The van der Waals surface area contributed by atoms with Crippen LogP contribution in [-0.2, 0) is 4.74 Å². The number of ether oxygens (including phenoxy) is 1. The van der Waals surface area contributed by atoms with Crippen LogP contribution in [0.1, 0.15) is 34.2 Å². The van der Waals surface area contributed by atoms with E-state index in [1.54, 1.807) is 24.1 Å². The maximum Gasteiger partial charge on any atom is 0.340 e. The molecule has 6 nitrogen and oxygen atoms in total. The van der Waals surface area contributed by atoms with Crippen molar-refractivity contribution in [3.8, 4) is 0 Å². The SMILES string of the molecule is CCOC(=O)c1c(C)[nH]c(/C=N/n2cnc3ccccc32)c1C. The molecule has 2 aromatic heterocycles. The number of rotatable bonds is 4. The Morgan fingerprint density at radius 1 is 1.39 bits per heavy atom. The molecule has 0 aliphatic carbocycles. The molecule has 0 saturated heterocycles. The highest BCUT2D eigenvalue weighted by Gasteiger charge is 2.18. The molecular formula is C17H18N4O2. The molecule has 1 N–H and O–H groups in total. The van der Waals surface area contributed by atoms with E-state index in [0.29, 0.717) is 12.2 Å². The average molecular weight is 310 g/mol. The van der Waals surface area contributed by atoms with Gasteiger partial charge in [-0.05, 0) is 38.5 Å². The first-order valence-corrected chi connectivity index (χ1v) is 7.44. The summed E-state index contributed by atoms with van der Waals surface area (Å²) in [5, 5.41) is 4.43. The molecule has 0 amide bonds. The Balaban J connectivity index is 1.94. The maximum absolute atomic E-state index is 12.0. The summed E-state index contributed by atoms with van der Waals surface area (Å²) in [6, 6.07) is 7.77. The number of para-hydroxylation sites is 2. The van der Waals surface area contributed by atoms with Crippen LogP contribution >= 0.6 is 0 Å². The number of aryl methyl sites for hydroxylation is 1. The van der Waals surface area contributed by atoms with Gasteiger partial charge in [-0.2, -0.15) is 5.10 Å². The Morgan fingerprint density at radius 2 is 2.17 bits per heavy atom. The second-order valence-corrected chi connectivity index (χ2v) is 5.21. The fourth-order valence-corrected chi connectivity index (χ4v) is 2.57. The van der Waals surface area contributed by atoms with Gasteiger partial charge < -0.3 is 9.72 Å². The van der Waals surface area contributed by atoms with Crippen molar-refractivity contribution in [1.82, 2.24) is 14.6 Å². The van der Waals surface area contributed by atoms with Crippen LogP contribution in [0.2, 0.25) is 0 Å². The number of H-pyrrole nitrogens is 1. The third kappa shape index (κ3) is 2.75. The van der Waals surface area contributed by atoms with Crippen LogP contribution in [0.15, 0.2) is 35.7 Å². The summed E-state index contributed by atoms with van der Waals surface area (Å²) in [5.41, 5.74) is 4.77. The van der Waals surface area contributed by atoms with E-state index in [2.05, 4.69) is 15.1 Å². The van der Waals surface area contributed by atoms with Crippen LogP contribution in [0.3, 0.4) is 0 Å². The molecule has 0 aliphatic heterocycles. The van der Waals surface area contributed by atoms with Crippen LogP contribution in [-0.4, -0.2) is 33.4 Å². The number of fused-ring (bicyclic) bond motifs is 1. The number of hydrogen-bond acceptors (Lipinski definition) is 4. The van der Waals surface area contributed by atoms with Crippen molar-refractivity contribution >= 4 is 23.2 Å². The number of benzene rings is 1. The summed E-state index contributed by atoms with van der Waals surface area (Å²) < 4.78 is 6.80. The van der Waals surface area contributed by atoms with Crippen molar-refractivity contribution in [2.75, 3.05) is 6.61 Å². The Hall–Kier alpha value is -2.89. The molecule has 2 heterocycles. The third-order valence-corrected chi connectivity index (χ3v) is 3.70. The maximum atomic E-state index is 12.0. The van der Waals surface area contributed by atoms with Gasteiger partial charge in [0.1, 0.15) is 6.33 Å². The molecule has 6 heteroatoms. The van der Waals surface area contributed by atoms with Crippen LogP contribution in [0.5, 0.6) is 0 Å². The van der Waals surface area contributed by atoms with Gasteiger partial charge in [-0.1, -0.05) is 12.1 Å². The van der Waals surface area contributed by atoms with Gasteiger partial charge in [0.2, 0.25) is 0 Å². The topological polar surface area (TPSA) is 72.3 Å². The van der Waals surface area contributed by atoms with Gasteiger partial charge in [0.25, 0.3) is 0 Å². The molecule has 0 radical (unpaired) electrons. The van der Waals surface area contributed by atoms with E-state index in [1.807, 2.05) is 38.1 Å². The number of nitrogens with zero attached hydrogens (tertiary/aromatic N) is 3. The van der Waals surface area contributed by atoms with E-state index >= 15 is 0 Å². The predicted molar refractivity (Wildman–Crippen MR) is 88.9 cm³/mol. The van der Waals surface area contributed by atoms with Gasteiger partial charge in [0.05, 0.1) is 35.1 Å². The lowest BCUT2D eigenvalue weighted by Gasteiger charge is -2.01. The van der Waals surface area contributed by atoms with E-state index in [1.165, 1.54) is 0 Å². The number of esters is 1. The van der Waals surface area contributed by atoms with Crippen LogP contribution in [0, 0.1) is 13.8 Å².